The van der Waals surface area contributed by atoms with Gasteiger partial charge in [0.25, 0.3) is 0 Å². The van der Waals surface area contributed by atoms with Crippen LogP contribution in [0.5, 0.6) is 0 Å². The fourth-order valence-electron chi connectivity index (χ4n) is 2.86. The molecule has 1 aromatic carbocycles. The van der Waals surface area contributed by atoms with E-state index in [4.69, 9.17) is 11.6 Å². The van der Waals surface area contributed by atoms with Crippen LogP contribution in [0.3, 0.4) is 0 Å². The summed E-state index contributed by atoms with van der Waals surface area (Å²) in [7, 11) is 0. The maximum atomic E-state index is 6.24. The SMILES string of the molecule is CCN(CC1CCC1)c1cc(Cl)ccc1CNCC(C)C. The molecule has 0 unspecified atom stereocenters. The van der Waals surface area contributed by atoms with Crippen molar-refractivity contribution in [2.24, 2.45) is 11.8 Å². The smallest absolute Gasteiger partial charge is 0.0426 e. The van der Waals surface area contributed by atoms with Gasteiger partial charge in [-0.3, -0.25) is 0 Å². The van der Waals surface area contributed by atoms with E-state index >= 15 is 0 Å². The Morgan fingerprint density at radius 2 is 2.10 bits per heavy atom. The van der Waals surface area contributed by atoms with Gasteiger partial charge in [-0.2, -0.15) is 0 Å². The average Bonchev–Trinajstić information content (AvgIpc) is 2.39. The fourth-order valence-corrected chi connectivity index (χ4v) is 3.03. The highest BCUT2D eigenvalue weighted by molar-refractivity contribution is 6.30. The van der Waals surface area contributed by atoms with Gasteiger partial charge >= 0.3 is 0 Å². The Labute approximate surface area is 134 Å². The topological polar surface area (TPSA) is 15.3 Å². The van der Waals surface area contributed by atoms with Crippen molar-refractivity contribution in [1.29, 1.82) is 0 Å². The fraction of sp³-hybridized carbons (Fsp3) is 0.667. The number of nitrogens with one attached hydrogen (secondary N) is 1. The molecule has 0 radical (unpaired) electrons. The number of halogens is 1. The minimum Gasteiger partial charge on any atom is -0.371 e. The molecule has 2 rings (SSSR count). The van der Waals surface area contributed by atoms with Crippen LogP contribution in [-0.2, 0) is 6.54 Å². The van der Waals surface area contributed by atoms with Crippen LogP contribution in [-0.4, -0.2) is 19.6 Å². The van der Waals surface area contributed by atoms with Gasteiger partial charge < -0.3 is 10.2 Å². The summed E-state index contributed by atoms with van der Waals surface area (Å²) in [5.74, 6) is 1.55. The predicted octanol–water partition coefficient (Wildman–Crippen LogP) is 4.71. The Morgan fingerprint density at radius 1 is 1.33 bits per heavy atom. The number of nitrogens with zero attached hydrogens (tertiary/aromatic N) is 1. The molecule has 1 aliphatic carbocycles. The van der Waals surface area contributed by atoms with Crippen molar-refractivity contribution < 1.29 is 0 Å². The predicted molar refractivity (Wildman–Crippen MR) is 93.2 cm³/mol. The molecule has 3 heteroatoms. The van der Waals surface area contributed by atoms with Crippen molar-refractivity contribution in [3.8, 4) is 0 Å². The molecule has 1 fully saturated rings. The zero-order chi connectivity index (χ0) is 15.2. The maximum Gasteiger partial charge on any atom is 0.0426 e. The van der Waals surface area contributed by atoms with Crippen molar-refractivity contribution >= 4 is 17.3 Å². The summed E-state index contributed by atoms with van der Waals surface area (Å²) < 4.78 is 0. The largest absolute Gasteiger partial charge is 0.371 e. The van der Waals surface area contributed by atoms with Crippen molar-refractivity contribution in [1.82, 2.24) is 5.32 Å². The van der Waals surface area contributed by atoms with Gasteiger partial charge in [0.15, 0.2) is 0 Å². The number of benzene rings is 1. The lowest BCUT2D eigenvalue weighted by Gasteiger charge is -2.34. The minimum absolute atomic E-state index is 0.679. The molecule has 1 N–H and O–H groups in total. The third kappa shape index (κ3) is 4.89. The maximum absolute atomic E-state index is 6.24. The molecule has 1 saturated carbocycles. The normalized spacial score (nSPS) is 15.3. The molecule has 1 aliphatic rings. The number of rotatable bonds is 8. The number of hydrogen-bond donors (Lipinski definition) is 1. The van der Waals surface area contributed by atoms with Crippen molar-refractivity contribution in [2.75, 3.05) is 24.5 Å². The van der Waals surface area contributed by atoms with Gasteiger partial charge in [0.05, 0.1) is 0 Å². The first kappa shape index (κ1) is 16.6. The van der Waals surface area contributed by atoms with Crippen LogP contribution in [0.25, 0.3) is 0 Å². The quantitative estimate of drug-likeness (QED) is 0.748. The van der Waals surface area contributed by atoms with E-state index in [1.807, 2.05) is 6.07 Å². The van der Waals surface area contributed by atoms with E-state index < -0.39 is 0 Å². The second-order valence-corrected chi connectivity index (χ2v) is 7.07. The van der Waals surface area contributed by atoms with Gasteiger partial charge in [0, 0.05) is 30.3 Å². The molecule has 0 aromatic heterocycles. The summed E-state index contributed by atoms with van der Waals surface area (Å²) in [4.78, 5) is 2.50. The molecule has 0 heterocycles. The molecule has 21 heavy (non-hydrogen) atoms. The monoisotopic (exact) mass is 308 g/mol. The molecule has 0 atom stereocenters. The summed E-state index contributed by atoms with van der Waals surface area (Å²) >= 11 is 6.24. The molecule has 1 aromatic rings. The summed E-state index contributed by atoms with van der Waals surface area (Å²) in [5, 5.41) is 4.39. The lowest BCUT2D eigenvalue weighted by atomic mass is 9.85. The Kier molecular flexibility index (Phi) is 6.38. The summed E-state index contributed by atoms with van der Waals surface area (Å²) in [6.07, 6.45) is 4.18. The molecule has 0 spiro atoms. The van der Waals surface area contributed by atoms with Crippen LogP contribution < -0.4 is 10.2 Å². The highest BCUT2D eigenvalue weighted by Gasteiger charge is 2.21. The number of hydrogen-bond acceptors (Lipinski definition) is 2. The third-order valence-electron chi connectivity index (χ3n) is 4.34. The van der Waals surface area contributed by atoms with Crippen molar-refractivity contribution in [2.45, 2.75) is 46.6 Å². The van der Waals surface area contributed by atoms with E-state index in [0.717, 1.165) is 30.6 Å². The van der Waals surface area contributed by atoms with E-state index in [-0.39, 0.29) is 0 Å². The molecule has 0 saturated heterocycles. The van der Waals surface area contributed by atoms with E-state index in [1.165, 1.54) is 37.1 Å². The second-order valence-electron chi connectivity index (χ2n) is 6.63. The molecular formula is C18H29ClN2. The van der Waals surface area contributed by atoms with E-state index in [0.29, 0.717) is 5.92 Å². The summed E-state index contributed by atoms with van der Waals surface area (Å²) in [6, 6.07) is 6.32. The molecular weight excluding hydrogens is 280 g/mol. The van der Waals surface area contributed by atoms with Crippen LogP contribution in [0.1, 0.15) is 45.6 Å². The van der Waals surface area contributed by atoms with Gasteiger partial charge in [0.2, 0.25) is 0 Å². The molecule has 0 aliphatic heterocycles. The highest BCUT2D eigenvalue weighted by Crippen LogP contribution is 2.31. The summed E-state index contributed by atoms with van der Waals surface area (Å²) in [6.45, 7) is 10.9. The average molecular weight is 309 g/mol. The van der Waals surface area contributed by atoms with Crippen LogP contribution in [0.15, 0.2) is 18.2 Å². The van der Waals surface area contributed by atoms with Crippen molar-refractivity contribution in [3.63, 3.8) is 0 Å². The Balaban J connectivity index is 2.08. The van der Waals surface area contributed by atoms with Gasteiger partial charge in [-0.25, -0.2) is 0 Å². The number of anilines is 1. The zero-order valence-corrected chi connectivity index (χ0v) is 14.4. The Hall–Kier alpha value is -0.730. The highest BCUT2D eigenvalue weighted by atomic mass is 35.5. The van der Waals surface area contributed by atoms with Crippen LogP contribution in [0.4, 0.5) is 5.69 Å². The zero-order valence-electron chi connectivity index (χ0n) is 13.7. The van der Waals surface area contributed by atoms with Gasteiger partial charge in [-0.1, -0.05) is 37.9 Å². The Bertz CT molecular complexity index is 441. The first-order valence-corrected chi connectivity index (χ1v) is 8.72. The van der Waals surface area contributed by atoms with Gasteiger partial charge in [-0.15, -0.1) is 0 Å². The second kappa shape index (κ2) is 8.05. The summed E-state index contributed by atoms with van der Waals surface area (Å²) in [5.41, 5.74) is 2.68. The Morgan fingerprint density at radius 3 is 2.67 bits per heavy atom. The molecule has 0 amide bonds. The van der Waals surface area contributed by atoms with E-state index in [1.54, 1.807) is 0 Å². The van der Waals surface area contributed by atoms with Crippen LogP contribution in [0.2, 0.25) is 5.02 Å². The lowest BCUT2D eigenvalue weighted by molar-refractivity contribution is 0.318. The van der Waals surface area contributed by atoms with Crippen LogP contribution >= 0.6 is 11.6 Å². The lowest BCUT2D eigenvalue weighted by Crippen LogP contribution is -2.33. The first-order chi connectivity index (χ1) is 10.1. The standard InChI is InChI=1S/C18H29ClN2/c1-4-21(13-15-6-5-7-15)18-10-17(19)9-8-16(18)12-20-11-14(2)3/h8-10,14-15,20H,4-7,11-13H2,1-3H3. The third-order valence-corrected chi connectivity index (χ3v) is 4.58. The molecule has 118 valence electrons. The molecule has 0 bridgehead atoms. The molecule has 2 nitrogen and oxygen atoms in total. The minimum atomic E-state index is 0.679. The first-order valence-electron chi connectivity index (χ1n) is 8.34. The van der Waals surface area contributed by atoms with E-state index in [9.17, 15) is 0 Å². The van der Waals surface area contributed by atoms with Crippen LogP contribution in [0, 0.1) is 11.8 Å². The van der Waals surface area contributed by atoms with E-state index in [2.05, 4.69) is 43.1 Å². The van der Waals surface area contributed by atoms with Gasteiger partial charge in [-0.05, 0) is 55.8 Å². The van der Waals surface area contributed by atoms with Gasteiger partial charge in [0.1, 0.15) is 0 Å². The van der Waals surface area contributed by atoms with Crippen molar-refractivity contribution in [3.05, 3.63) is 28.8 Å².